The fourth-order valence-electron chi connectivity index (χ4n) is 0. The zero-order chi connectivity index (χ0) is 9.71. The van der Waals surface area contributed by atoms with Crippen molar-refractivity contribution < 1.29 is 8.78 Å². The SMILES string of the molecule is CC(F)(Cl)Cl.FC(Cl)(Cl)CCl. The highest BCUT2D eigenvalue weighted by Crippen LogP contribution is 2.22. The fourth-order valence-corrected chi connectivity index (χ4v) is 0. The quantitative estimate of drug-likeness (QED) is 0.617. The molecule has 0 spiro atoms. The van der Waals surface area contributed by atoms with Crippen molar-refractivity contribution in [3.05, 3.63) is 0 Å². The lowest BCUT2D eigenvalue weighted by Crippen LogP contribution is -2.03. The normalized spacial score (nSPS) is 12.0. The van der Waals surface area contributed by atoms with E-state index in [-0.39, 0.29) is 0 Å². The van der Waals surface area contributed by atoms with Crippen LogP contribution in [-0.4, -0.2) is 15.1 Å². The lowest BCUT2D eigenvalue weighted by molar-refractivity contribution is 0.424. The van der Waals surface area contributed by atoms with E-state index in [1.807, 2.05) is 0 Å². The van der Waals surface area contributed by atoms with Crippen LogP contribution in [0.15, 0.2) is 0 Å². The molecule has 0 aliphatic carbocycles. The van der Waals surface area contributed by atoms with E-state index >= 15 is 0 Å². The van der Waals surface area contributed by atoms with E-state index in [2.05, 4.69) is 46.4 Å². The van der Waals surface area contributed by atoms with Crippen molar-refractivity contribution in [2.45, 2.75) is 16.1 Å². The molecule has 0 amide bonds. The van der Waals surface area contributed by atoms with E-state index in [0.717, 1.165) is 6.92 Å². The largest absolute Gasteiger partial charge is 0.270 e. The Morgan fingerprint density at radius 2 is 1.18 bits per heavy atom. The van der Waals surface area contributed by atoms with Gasteiger partial charge in [0.1, 0.15) is 0 Å². The summed E-state index contributed by atoms with van der Waals surface area (Å²) in [6.45, 7) is 1.05. The van der Waals surface area contributed by atoms with Gasteiger partial charge in [0, 0.05) is 0 Å². The molecule has 0 bridgehead atoms. The molecule has 0 atom stereocenters. The predicted octanol–water partition coefficient (Wildman–Crippen LogP) is 4.43. The van der Waals surface area contributed by atoms with Crippen LogP contribution in [0.5, 0.6) is 0 Å². The highest BCUT2D eigenvalue weighted by Gasteiger charge is 2.18. The van der Waals surface area contributed by atoms with Crippen LogP contribution < -0.4 is 0 Å². The van der Waals surface area contributed by atoms with Gasteiger partial charge in [-0.05, 0) is 6.92 Å². The first-order chi connectivity index (χ1) is 4.56. The molecule has 11 heavy (non-hydrogen) atoms. The molecule has 0 saturated carbocycles. The van der Waals surface area contributed by atoms with Crippen LogP contribution in [0.2, 0.25) is 0 Å². The van der Waals surface area contributed by atoms with E-state index in [9.17, 15) is 8.78 Å². The molecule has 0 fully saturated rings. The predicted molar refractivity (Wildman–Crippen MR) is 47.5 cm³/mol. The number of rotatable bonds is 1. The monoisotopic (exact) mass is 266 g/mol. The van der Waals surface area contributed by atoms with E-state index < -0.39 is 15.1 Å². The van der Waals surface area contributed by atoms with Crippen LogP contribution in [-0.2, 0) is 0 Å². The minimum atomic E-state index is -2.25. The fraction of sp³-hybridized carbons (Fsp3) is 1.00. The van der Waals surface area contributed by atoms with Gasteiger partial charge in [0.2, 0.25) is 0 Å². The molecule has 0 aromatic heterocycles. The van der Waals surface area contributed by atoms with Crippen molar-refractivity contribution >= 4 is 58.0 Å². The maximum Gasteiger partial charge on any atom is 0.270 e. The van der Waals surface area contributed by atoms with Crippen molar-refractivity contribution in [1.29, 1.82) is 0 Å². The highest BCUT2D eigenvalue weighted by atomic mass is 35.5. The molecule has 0 unspecified atom stereocenters. The van der Waals surface area contributed by atoms with Crippen LogP contribution in [0, 0.1) is 0 Å². The van der Waals surface area contributed by atoms with Gasteiger partial charge in [0.05, 0.1) is 5.88 Å². The van der Waals surface area contributed by atoms with Crippen LogP contribution in [0.1, 0.15) is 6.92 Å². The van der Waals surface area contributed by atoms with Crippen molar-refractivity contribution in [2.24, 2.45) is 0 Å². The molecule has 0 rings (SSSR count). The Kier molecular flexibility index (Phi) is 7.91. The summed E-state index contributed by atoms with van der Waals surface area (Å²) in [6, 6.07) is 0. The Balaban J connectivity index is 0. The maximum absolute atomic E-state index is 11.5. The number of halogens is 7. The topological polar surface area (TPSA) is 0 Å². The lowest BCUT2D eigenvalue weighted by Gasteiger charge is -1.98. The summed E-state index contributed by atoms with van der Waals surface area (Å²) in [7, 11) is 0. The van der Waals surface area contributed by atoms with Crippen LogP contribution in [0.4, 0.5) is 8.78 Å². The third kappa shape index (κ3) is 52.8. The van der Waals surface area contributed by atoms with E-state index in [1.165, 1.54) is 0 Å². The van der Waals surface area contributed by atoms with Gasteiger partial charge in [-0.25, -0.2) is 8.78 Å². The average molecular weight is 268 g/mol. The molecule has 0 heterocycles. The summed E-state index contributed by atoms with van der Waals surface area (Å²) in [6.07, 6.45) is 0. The van der Waals surface area contributed by atoms with Gasteiger partial charge >= 0.3 is 0 Å². The van der Waals surface area contributed by atoms with Gasteiger partial charge in [0.25, 0.3) is 9.17 Å². The van der Waals surface area contributed by atoms with Gasteiger partial charge < -0.3 is 0 Å². The average Bonchev–Trinajstić information content (AvgIpc) is 1.59. The standard InChI is InChI=1S/C2H2Cl3F.C2H3Cl2F/c3-1-2(4,5)6;1-2(3,4)5/h1H2;1H3. The van der Waals surface area contributed by atoms with Crippen molar-refractivity contribution in [3.8, 4) is 0 Å². The van der Waals surface area contributed by atoms with Gasteiger partial charge in [-0.3, -0.25) is 0 Å². The van der Waals surface area contributed by atoms with Gasteiger partial charge in [-0.15, -0.1) is 11.6 Å². The Bertz CT molecular complexity index is 87.6. The number of hydrogen-bond acceptors (Lipinski definition) is 0. The smallest absolute Gasteiger partial charge is 0.208 e. The van der Waals surface area contributed by atoms with Crippen LogP contribution in [0.25, 0.3) is 0 Å². The van der Waals surface area contributed by atoms with Crippen molar-refractivity contribution in [3.63, 3.8) is 0 Å². The van der Waals surface area contributed by atoms with Gasteiger partial charge in [0.15, 0.2) is 0 Å². The molecule has 0 aromatic rings. The summed E-state index contributed by atoms with van der Waals surface area (Å²) in [5.74, 6) is -0.393. The molecule has 0 aromatic carbocycles. The lowest BCUT2D eigenvalue weighted by atomic mass is 10.9. The zero-order valence-electron chi connectivity index (χ0n) is 5.35. The molecular formula is C4H5Cl5F2. The van der Waals surface area contributed by atoms with Crippen molar-refractivity contribution in [1.82, 2.24) is 0 Å². The molecule has 70 valence electrons. The second-order valence-electron chi connectivity index (χ2n) is 1.53. The van der Waals surface area contributed by atoms with Gasteiger partial charge in [-0.2, -0.15) is 0 Å². The second-order valence-corrected chi connectivity index (χ2v) is 4.80. The zero-order valence-corrected chi connectivity index (χ0v) is 9.13. The van der Waals surface area contributed by atoms with Crippen LogP contribution >= 0.6 is 58.0 Å². The second kappa shape index (κ2) is 5.87. The Hall–Kier alpha value is 1.31. The third-order valence-electron chi connectivity index (χ3n) is 0.152. The molecule has 0 nitrogen and oxygen atoms in total. The molecule has 0 N–H and O–H groups in total. The highest BCUT2D eigenvalue weighted by molar-refractivity contribution is 6.50. The number of alkyl halides is 7. The van der Waals surface area contributed by atoms with Gasteiger partial charge in [-0.1, -0.05) is 46.4 Å². The van der Waals surface area contributed by atoms with E-state index in [0.29, 0.717) is 0 Å². The first kappa shape index (κ1) is 14.8. The Morgan fingerprint density at radius 3 is 1.18 bits per heavy atom. The minimum Gasteiger partial charge on any atom is -0.208 e. The number of hydrogen-bond donors (Lipinski definition) is 0. The summed E-state index contributed by atoms with van der Waals surface area (Å²) < 4.78 is 18.4. The molecule has 0 aliphatic heterocycles. The van der Waals surface area contributed by atoms with E-state index in [1.54, 1.807) is 0 Å². The Labute approximate surface area is 88.7 Å². The summed E-state index contributed by atoms with van der Waals surface area (Å²) in [5, 5.41) is 0. The summed E-state index contributed by atoms with van der Waals surface area (Å²) >= 11 is 23.5. The third-order valence-corrected chi connectivity index (χ3v) is 1.06. The van der Waals surface area contributed by atoms with Crippen molar-refractivity contribution in [2.75, 3.05) is 5.88 Å². The molecule has 0 aliphatic rings. The first-order valence-electron chi connectivity index (χ1n) is 2.25. The molecule has 0 radical (unpaired) electrons. The van der Waals surface area contributed by atoms with E-state index in [4.69, 9.17) is 11.6 Å². The Morgan fingerprint density at radius 1 is 1.09 bits per heavy atom. The first-order valence-corrected chi connectivity index (χ1v) is 4.30. The molecular weight excluding hydrogens is 263 g/mol. The maximum atomic E-state index is 11.5. The molecule has 0 saturated heterocycles. The minimum absolute atomic E-state index is 0.393. The summed E-state index contributed by atoms with van der Waals surface area (Å²) in [5.41, 5.74) is 0. The summed E-state index contributed by atoms with van der Waals surface area (Å²) in [4.78, 5) is 0. The van der Waals surface area contributed by atoms with Crippen LogP contribution in [0.3, 0.4) is 0 Å². The molecule has 7 heteroatoms.